The Morgan fingerprint density at radius 2 is 2.00 bits per heavy atom. The molecule has 0 saturated heterocycles. The number of Topliss-reactive ketones (excluding diaryl/α,β-unsaturated/α-hetero) is 1. The molecular weight excluding hydrogens is 330 g/mol. The van der Waals surface area contributed by atoms with Crippen LogP contribution in [0.15, 0.2) is 59.2 Å². The Kier molecular flexibility index (Phi) is 3.80. The van der Waals surface area contributed by atoms with E-state index in [-0.39, 0.29) is 5.78 Å². The summed E-state index contributed by atoms with van der Waals surface area (Å²) in [6.07, 6.45) is 1.92. The lowest BCUT2D eigenvalue weighted by atomic mass is 10.1. The van der Waals surface area contributed by atoms with Gasteiger partial charge in [0.1, 0.15) is 5.75 Å². The summed E-state index contributed by atoms with van der Waals surface area (Å²) in [5, 5.41) is 1.02. The van der Waals surface area contributed by atoms with Crippen molar-refractivity contribution in [1.29, 1.82) is 0 Å². The molecule has 0 radical (unpaired) electrons. The minimum absolute atomic E-state index is 0.0802. The van der Waals surface area contributed by atoms with E-state index in [9.17, 15) is 4.79 Å². The van der Waals surface area contributed by atoms with Crippen LogP contribution >= 0.6 is 15.9 Å². The van der Waals surface area contributed by atoms with Gasteiger partial charge in [-0.15, -0.1) is 0 Å². The van der Waals surface area contributed by atoms with Gasteiger partial charge in [0.15, 0.2) is 5.78 Å². The van der Waals surface area contributed by atoms with E-state index in [2.05, 4.69) is 15.9 Å². The maximum atomic E-state index is 12.4. The molecular formula is C17H14BrNO2. The van der Waals surface area contributed by atoms with E-state index >= 15 is 0 Å². The van der Waals surface area contributed by atoms with Crippen molar-refractivity contribution in [3.63, 3.8) is 0 Å². The molecule has 106 valence electrons. The average molecular weight is 344 g/mol. The van der Waals surface area contributed by atoms with Crippen LogP contribution in [-0.4, -0.2) is 17.5 Å². The molecule has 0 aliphatic rings. The zero-order valence-corrected chi connectivity index (χ0v) is 13.1. The number of ketones is 1. The van der Waals surface area contributed by atoms with E-state index in [0.29, 0.717) is 12.1 Å². The number of halogens is 1. The predicted molar refractivity (Wildman–Crippen MR) is 87.0 cm³/mol. The highest BCUT2D eigenvalue weighted by atomic mass is 79.9. The van der Waals surface area contributed by atoms with E-state index in [1.165, 1.54) is 0 Å². The summed E-state index contributed by atoms with van der Waals surface area (Å²) in [4.78, 5) is 12.4. The molecule has 0 unspecified atom stereocenters. The summed E-state index contributed by atoms with van der Waals surface area (Å²) in [6, 6.07) is 15.3. The monoisotopic (exact) mass is 343 g/mol. The van der Waals surface area contributed by atoms with Gasteiger partial charge in [0, 0.05) is 21.6 Å². The molecule has 21 heavy (non-hydrogen) atoms. The standard InChI is InChI=1S/C17H14BrNO2/c1-21-17-7-3-6-15-14(17)8-9-19(15)11-16(20)12-4-2-5-13(18)10-12/h2-10H,11H2,1H3. The second kappa shape index (κ2) is 5.74. The average Bonchev–Trinajstić information content (AvgIpc) is 2.90. The summed E-state index contributed by atoms with van der Waals surface area (Å²) >= 11 is 3.39. The van der Waals surface area contributed by atoms with Gasteiger partial charge in [-0.3, -0.25) is 4.79 Å². The lowest BCUT2D eigenvalue weighted by Crippen LogP contribution is -2.09. The SMILES string of the molecule is COc1cccc2c1ccn2CC(=O)c1cccc(Br)c1. The molecule has 0 bridgehead atoms. The van der Waals surface area contributed by atoms with E-state index in [1.54, 1.807) is 7.11 Å². The third-order valence-corrected chi connectivity index (χ3v) is 3.95. The van der Waals surface area contributed by atoms with Gasteiger partial charge >= 0.3 is 0 Å². The van der Waals surface area contributed by atoms with Crippen molar-refractivity contribution in [2.75, 3.05) is 7.11 Å². The van der Waals surface area contributed by atoms with Crippen LogP contribution in [-0.2, 0) is 6.54 Å². The number of hydrogen-bond acceptors (Lipinski definition) is 2. The van der Waals surface area contributed by atoms with E-state index in [4.69, 9.17) is 4.74 Å². The Balaban J connectivity index is 1.93. The van der Waals surface area contributed by atoms with Crippen LogP contribution in [0.1, 0.15) is 10.4 Å². The van der Waals surface area contributed by atoms with Crippen LogP contribution in [0.25, 0.3) is 10.9 Å². The quantitative estimate of drug-likeness (QED) is 0.661. The Labute approximate surface area is 131 Å². The fraction of sp³-hybridized carbons (Fsp3) is 0.118. The van der Waals surface area contributed by atoms with Gasteiger partial charge in [0.2, 0.25) is 0 Å². The number of hydrogen-bond donors (Lipinski definition) is 0. The minimum atomic E-state index is 0.0802. The molecule has 1 aromatic heterocycles. The first-order valence-corrected chi connectivity index (χ1v) is 7.39. The molecule has 4 heteroatoms. The van der Waals surface area contributed by atoms with Crippen molar-refractivity contribution in [3.8, 4) is 5.75 Å². The number of methoxy groups -OCH3 is 1. The van der Waals surface area contributed by atoms with E-state index in [1.807, 2.05) is 59.3 Å². The fourth-order valence-corrected chi connectivity index (χ4v) is 2.82. The Hall–Kier alpha value is -2.07. The number of nitrogens with zero attached hydrogens (tertiary/aromatic N) is 1. The zero-order chi connectivity index (χ0) is 14.8. The predicted octanol–water partition coefficient (Wildman–Crippen LogP) is 4.30. The highest BCUT2D eigenvalue weighted by Crippen LogP contribution is 2.26. The normalized spacial score (nSPS) is 10.8. The zero-order valence-electron chi connectivity index (χ0n) is 11.5. The Morgan fingerprint density at radius 3 is 2.76 bits per heavy atom. The van der Waals surface area contributed by atoms with Gasteiger partial charge in [-0.2, -0.15) is 0 Å². The number of benzene rings is 2. The summed E-state index contributed by atoms with van der Waals surface area (Å²) in [5.41, 5.74) is 1.70. The summed E-state index contributed by atoms with van der Waals surface area (Å²) in [7, 11) is 1.65. The second-order valence-corrected chi connectivity index (χ2v) is 5.69. The number of rotatable bonds is 4. The third-order valence-electron chi connectivity index (χ3n) is 3.45. The van der Waals surface area contributed by atoms with Gasteiger partial charge in [-0.1, -0.05) is 34.1 Å². The smallest absolute Gasteiger partial charge is 0.182 e. The van der Waals surface area contributed by atoms with Crippen LogP contribution < -0.4 is 4.74 Å². The number of fused-ring (bicyclic) bond motifs is 1. The molecule has 0 spiro atoms. The van der Waals surface area contributed by atoms with E-state index in [0.717, 1.165) is 21.1 Å². The Morgan fingerprint density at radius 1 is 1.19 bits per heavy atom. The van der Waals surface area contributed by atoms with Crippen LogP contribution in [0.4, 0.5) is 0 Å². The maximum absolute atomic E-state index is 12.4. The maximum Gasteiger partial charge on any atom is 0.182 e. The molecule has 1 heterocycles. The van der Waals surface area contributed by atoms with Crippen molar-refractivity contribution in [3.05, 3.63) is 64.8 Å². The summed E-state index contributed by atoms with van der Waals surface area (Å²) < 4.78 is 8.20. The molecule has 0 aliphatic heterocycles. The van der Waals surface area contributed by atoms with Gasteiger partial charge < -0.3 is 9.30 Å². The number of ether oxygens (including phenoxy) is 1. The van der Waals surface area contributed by atoms with Crippen LogP contribution in [0, 0.1) is 0 Å². The largest absolute Gasteiger partial charge is 0.496 e. The molecule has 3 rings (SSSR count). The fourth-order valence-electron chi connectivity index (χ4n) is 2.42. The first-order chi connectivity index (χ1) is 10.2. The minimum Gasteiger partial charge on any atom is -0.496 e. The molecule has 0 amide bonds. The third kappa shape index (κ3) is 2.72. The topological polar surface area (TPSA) is 31.2 Å². The van der Waals surface area contributed by atoms with Crippen LogP contribution in [0.2, 0.25) is 0 Å². The van der Waals surface area contributed by atoms with Crippen LogP contribution in [0.5, 0.6) is 5.75 Å². The molecule has 3 aromatic rings. The van der Waals surface area contributed by atoms with Crippen molar-refractivity contribution in [1.82, 2.24) is 4.57 Å². The number of carbonyl (C=O) groups is 1. The number of carbonyl (C=O) groups excluding carboxylic acids is 1. The molecule has 0 aliphatic carbocycles. The highest BCUT2D eigenvalue weighted by Gasteiger charge is 2.11. The Bertz CT molecular complexity index is 807. The molecule has 3 nitrogen and oxygen atoms in total. The van der Waals surface area contributed by atoms with Crippen molar-refractivity contribution < 1.29 is 9.53 Å². The molecule has 0 fully saturated rings. The molecule has 0 saturated carbocycles. The lowest BCUT2D eigenvalue weighted by Gasteiger charge is -2.07. The van der Waals surface area contributed by atoms with Crippen molar-refractivity contribution >= 4 is 32.6 Å². The first kappa shape index (κ1) is 13.9. The second-order valence-electron chi connectivity index (χ2n) is 4.77. The van der Waals surface area contributed by atoms with Gasteiger partial charge in [-0.05, 0) is 30.3 Å². The molecule has 0 N–H and O–H groups in total. The lowest BCUT2D eigenvalue weighted by molar-refractivity contribution is 0.0973. The highest BCUT2D eigenvalue weighted by molar-refractivity contribution is 9.10. The van der Waals surface area contributed by atoms with Gasteiger partial charge in [0.05, 0.1) is 19.2 Å². The van der Waals surface area contributed by atoms with Gasteiger partial charge in [0.25, 0.3) is 0 Å². The summed E-state index contributed by atoms with van der Waals surface area (Å²) in [6.45, 7) is 0.313. The summed E-state index contributed by atoms with van der Waals surface area (Å²) in [5.74, 6) is 0.901. The van der Waals surface area contributed by atoms with E-state index < -0.39 is 0 Å². The van der Waals surface area contributed by atoms with Gasteiger partial charge in [-0.25, -0.2) is 0 Å². The van der Waals surface area contributed by atoms with Crippen molar-refractivity contribution in [2.45, 2.75) is 6.54 Å². The molecule has 2 aromatic carbocycles. The first-order valence-electron chi connectivity index (χ1n) is 6.59. The molecule has 0 atom stereocenters. The van der Waals surface area contributed by atoms with Crippen LogP contribution in [0.3, 0.4) is 0 Å². The van der Waals surface area contributed by atoms with Crippen molar-refractivity contribution in [2.24, 2.45) is 0 Å². The number of aromatic nitrogens is 1.